The number of methoxy groups -OCH3 is 3. The molecule has 12 nitrogen and oxygen atoms in total. The van der Waals surface area contributed by atoms with Gasteiger partial charge in [0.1, 0.15) is 33.3 Å². The van der Waals surface area contributed by atoms with E-state index < -0.39 is 23.4 Å². The summed E-state index contributed by atoms with van der Waals surface area (Å²) in [5, 5.41) is 7.89. The Morgan fingerprint density at radius 1 is 0.493 bits per heavy atom. The number of ketones is 2. The number of anilines is 2. The van der Waals surface area contributed by atoms with E-state index in [1.807, 2.05) is 49.4 Å². The lowest BCUT2D eigenvalue weighted by atomic mass is 10.1. The summed E-state index contributed by atoms with van der Waals surface area (Å²) in [6.07, 6.45) is 0. The molecule has 2 amide bonds. The number of ether oxygens (including phenoxy) is 4. The highest BCUT2D eigenvalue weighted by Gasteiger charge is 2.29. The van der Waals surface area contributed by atoms with Crippen molar-refractivity contribution in [2.45, 2.75) is 20.0 Å². The van der Waals surface area contributed by atoms with Gasteiger partial charge in [-0.25, -0.2) is 0 Å². The smallest absolute Gasteiger partial charge is 0.296 e. The van der Waals surface area contributed by atoms with Crippen LogP contribution in [-0.4, -0.2) is 60.5 Å². The highest BCUT2D eigenvalue weighted by Crippen LogP contribution is 2.36. The third-order valence-corrected chi connectivity index (χ3v) is 11.8. The number of benzene rings is 6. The van der Waals surface area contributed by atoms with Gasteiger partial charge in [0.15, 0.2) is 0 Å². The molecule has 2 aromatic heterocycles. The van der Waals surface area contributed by atoms with Crippen molar-refractivity contribution >= 4 is 103 Å². The molecule has 0 aliphatic heterocycles. The first-order valence-electron chi connectivity index (χ1n) is 20.6. The van der Waals surface area contributed by atoms with E-state index in [0.717, 1.165) is 11.1 Å². The molecule has 8 rings (SSSR count). The number of carbonyl (C=O) groups excluding carboxylic acids is 4. The van der Waals surface area contributed by atoms with Gasteiger partial charge < -0.3 is 38.7 Å². The Morgan fingerprint density at radius 3 is 1.28 bits per heavy atom. The Balaban J connectivity index is 0.000000199. The molecule has 0 atom stereocenters. The Labute approximate surface area is 405 Å². The van der Waals surface area contributed by atoms with Crippen LogP contribution in [0.5, 0.6) is 23.0 Å². The normalized spacial score (nSPS) is 10.8. The number of rotatable bonds is 15. The van der Waals surface area contributed by atoms with Crippen molar-refractivity contribution in [2.24, 2.45) is 0 Å². The van der Waals surface area contributed by atoms with Crippen molar-refractivity contribution in [1.29, 1.82) is 0 Å². The van der Waals surface area contributed by atoms with E-state index >= 15 is 0 Å². The molecule has 342 valence electrons. The number of halogens is 4. The number of aromatic nitrogens is 2. The fourth-order valence-corrected chi connectivity index (χ4v) is 8.21. The molecule has 0 aliphatic carbocycles. The molecule has 2 N–H and O–H groups in total. The largest absolute Gasteiger partial charge is 0.497 e. The minimum absolute atomic E-state index is 0.111. The molecule has 0 saturated heterocycles. The summed E-state index contributed by atoms with van der Waals surface area (Å²) in [6.45, 7) is 3.12. The Morgan fingerprint density at radius 2 is 0.881 bits per heavy atom. The zero-order valence-corrected chi connectivity index (χ0v) is 39.5. The Bertz CT molecular complexity index is 3130. The average molecular weight is 981 g/mol. The second kappa shape index (κ2) is 21.6. The number of nitrogens with zero attached hydrogens (tertiary/aromatic N) is 2. The lowest BCUT2D eigenvalue weighted by Gasteiger charge is -2.08. The Kier molecular flexibility index (Phi) is 15.4. The minimum atomic E-state index is -0.807. The molecule has 0 radical (unpaired) electrons. The lowest BCUT2D eigenvalue weighted by Crippen LogP contribution is -2.23. The quantitative estimate of drug-likeness (QED) is 0.0765. The van der Waals surface area contributed by atoms with E-state index in [2.05, 4.69) is 10.6 Å². The molecule has 6 aromatic carbocycles. The van der Waals surface area contributed by atoms with E-state index in [1.54, 1.807) is 100 Å². The highest BCUT2D eigenvalue weighted by molar-refractivity contribution is 6.52. The third kappa shape index (κ3) is 11.0. The Hall–Kier alpha value is -6.96. The number of nitrogens with one attached hydrogen (secondary N) is 2. The first kappa shape index (κ1) is 48.0. The van der Waals surface area contributed by atoms with Crippen LogP contribution < -0.4 is 29.6 Å². The number of amides is 2. The van der Waals surface area contributed by atoms with Gasteiger partial charge in [-0.15, -0.1) is 0 Å². The minimum Gasteiger partial charge on any atom is -0.497 e. The van der Waals surface area contributed by atoms with Crippen LogP contribution in [0.15, 0.2) is 133 Å². The van der Waals surface area contributed by atoms with Crippen LogP contribution in [0, 0.1) is 0 Å². The van der Waals surface area contributed by atoms with Crippen LogP contribution in [-0.2, 0) is 22.7 Å². The zero-order valence-electron chi connectivity index (χ0n) is 36.5. The van der Waals surface area contributed by atoms with Crippen molar-refractivity contribution in [3.05, 3.63) is 176 Å². The van der Waals surface area contributed by atoms with Gasteiger partial charge >= 0.3 is 0 Å². The first-order chi connectivity index (χ1) is 32.3. The molecule has 0 fully saturated rings. The fraction of sp³-hybridized carbons (Fsp3) is 0.137. The van der Waals surface area contributed by atoms with Gasteiger partial charge in [-0.3, -0.25) is 19.2 Å². The lowest BCUT2D eigenvalue weighted by molar-refractivity contribution is -0.113. The maximum atomic E-state index is 13.3. The van der Waals surface area contributed by atoms with Gasteiger partial charge in [0.05, 0.1) is 50.1 Å². The summed E-state index contributed by atoms with van der Waals surface area (Å²) >= 11 is 25.4. The van der Waals surface area contributed by atoms with Crippen molar-refractivity contribution in [1.82, 2.24) is 9.13 Å². The van der Waals surface area contributed by atoms with Gasteiger partial charge in [0.25, 0.3) is 23.4 Å². The van der Waals surface area contributed by atoms with Crippen LogP contribution in [0.25, 0.3) is 21.8 Å². The van der Waals surface area contributed by atoms with Crippen molar-refractivity contribution in [2.75, 3.05) is 38.6 Å². The summed E-state index contributed by atoms with van der Waals surface area (Å²) < 4.78 is 24.9. The van der Waals surface area contributed by atoms with Crippen LogP contribution in [0.4, 0.5) is 11.4 Å². The van der Waals surface area contributed by atoms with Crippen LogP contribution >= 0.6 is 46.4 Å². The van der Waals surface area contributed by atoms with Gasteiger partial charge in [0.2, 0.25) is 0 Å². The maximum Gasteiger partial charge on any atom is 0.296 e. The van der Waals surface area contributed by atoms with Gasteiger partial charge in [0, 0.05) is 57.4 Å². The van der Waals surface area contributed by atoms with Crippen LogP contribution in [0.1, 0.15) is 38.8 Å². The predicted molar refractivity (Wildman–Crippen MR) is 265 cm³/mol. The van der Waals surface area contributed by atoms with Gasteiger partial charge in [-0.05, 0) is 103 Å². The number of fused-ring (bicyclic) bond motifs is 2. The topological polar surface area (TPSA) is 139 Å². The SMILES string of the molecule is CCOc1ccc2c(c1)c(C(=O)C(=O)Nc1cccc(OC)c1)c(Cl)n2Cc1ccc(Cl)cc1.COc1cccc(NC(=O)C(=O)c2c(Cl)n(Cc3ccc(Cl)cc3)c3ccc(OC)cc23)c1. The third-order valence-electron chi connectivity index (χ3n) is 10.5. The highest BCUT2D eigenvalue weighted by atomic mass is 35.5. The fourth-order valence-electron chi connectivity index (χ4n) is 7.28. The van der Waals surface area contributed by atoms with E-state index in [0.29, 0.717) is 85.9 Å². The van der Waals surface area contributed by atoms with E-state index in [4.69, 9.17) is 65.4 Å². The molecule has 16 heteroatoms. The molecule has 0 bridgehead atoms. The van der Waals surface area contributed by atoms with Crippen molar-refractivity contribution < 1.29 is 38.1 Å². The standard InChI is InChI=1S/C26H22Cl2N2O4.C25H20Cl2N2O4/c1-3-34-20-11-12-22-21(14-20)23(25(28)30(22)15-16-7-9-17(27)10-8-16)24(31)26(32)29-18-5-4-6-19(13-18)33-2;1-32-18-5-3-4-17(12-18)28-25(31)23(30)22-20-13-19(33-2)10-11-21(20)29(24(22)27)14-15-6-8-16(26)9-7-15/h4-14H,3,15H2,1-2H3,(H,29,32);3-13H,14H2,1-2H3,(H,28,31). The van der Waals surface area contributed by atoms with Gasteiger partial charge in [-0.2, -0.15) is 0 Å². The molecule has 67 heavy (non-hydrogen) atoms. The second-order valence-corrected chi connectivity index (χ2v) is 16.4. The van der Waals surface area contributed by atoms with E-state index in [1.165, 1.54) is 21.3 Å². The summed E-state index contributed by atoms with van der Waals surface area (Å²) in [7, 11) is 4.58. The van der Waals surface area contributed by atoms with Crippen molar-refractivity contribution in [3.63, 3.8) is 0 Å². The summed E-state index contributed by atoms with van der Waals surface area (Å²) in [5.74, 6) is -0.868. The summed E-state index contributed by atoms with van der Waals surface area (Å²) in [6, 6.07) is 38.9. The average Bonchev–Trinajstić information content (AvgIpc) is 3.76. The van der Waals surface area contributed by atoms with E-state index in [-0.39, 0.29) is 21.4 Å². The zero-order chi connectivity index (χ0) is 47.8. The molecule has 2 heterocycles. The number of Topliss-reactive ketones (excluding diaryl/α,β-unsaturated/α-hetero) is 2. The maximum absolute atomic E-state index is 13.3. The molecule has 0 saturated carbocycles. The monoisotopic (exact) mass is 978 g/mol. The van der Waals surface area contributed by atoms with Crippen LogP contribution in [0.2, 0.25) is 20.4 Å². The van der Waals surface area contributed by atoms with Crippen LogP contribution in [0.3, 0.4) is 0 Å². The number of hydrogen-bond acceptors (Lipinski definition) is 8. The molecule has 8 aromatic rings. The summed E-state index contributed by atoms with van der Waals surface area (Å²) in [5.41, 5.74) is 4.40. The molecule has 0 aliphatic rings. The van der Waals surface area contributed by atoms with E-state index in [9.17, 15) is 19.2 Å². The van der Waals surface area contributed by atoms with Crippen molar-refractivity contribution in [3.8, 4) is 23.0 Å². The molecule has 0 spiro atoms. The second-order valence-electron chi connectivity index (χ2n) is 14.8. The summed E-state index contributed by atoms with van der Waals surface area (Å²) in [4.78, 5) is 52.3. The van der Waals surface area contributed by atoms with Gasteiger partial charge in [-0.1, -0.05) is 82.8 Å². The molecular weight excluding hydrogens is 938 g/mol. The predicted octanol–water partition coefficient (Wildman–Crippen LogP) is 12.1. The molecule has 0 unspecified atom stereocenters. The first-order valence-corrected chi connectivity index (χ1v) is 22.1. The number of carbonyl (C=O) groups is 4. The molecular formula is C51H42Cl4N4O8. The number of hydrogen-bond donors (Lipinski definition) is 2.